The molecule has 1 heterocycles. The largest absolute Gasteiger partial charge is 0.573 e. The molecule has 0 fully saturated rings. The zero-order valence-corrected chi connectivity index (χ0v) is 23.5. The molecule has 0 unspecified atom stereocenters. The van der Waals surface area contributed by atoms with Gasteiger partial charge in [-0.3, -0.25) is 9.29 Å². The highest BCUT2D eigenvalue weighted by atomic mass is 79.9. The van der Waals surface area contributed by atoms with Gasteiger partial charge in [0.05, 0.1) is 28.9 Å². The van der Waals surface area contributed by atoms with E-state index in [1.807, 2.05) is 48.5 Å². The number of halogens is 5. The topological polar surface area (TPSA) is 80.5 Å². The number of anilines is 1. The van der Waals surface area contributed by atoms with E-state index in [9.17, 15) is 18.0 Å². The molecule has 4 aromatic carbocycles. The van der Waals surface area contributed by atoms with E-state index in [2.05, 4.69) is 56.0 Å². The van der Waals surface area contributed by atoms with Gasteiger partial charge in [0.25, 0.3) is 0 Å². The van der Waals surface area contributed by atoms with Crippen LogP contribution in [0, 0.1) is 0 Å². The summed E-state index contributed by atoms with van der Waals surface area (Å²) in [5.41, 5.74) is 3.63. The standard InChI is InChI=1S/C26H16Br2F3N5O2S/c27-20-2-1-3-21(28)24(20)34-25(37)35-39-33-13-15-4-10-19-16(12-15)5-11-22-23(19)32-14-36(22)17-6-8-18(9-7-17)38-26(29,30)31/h1-14H,(H2,34,35,37). The van der Waals surface area contributed by atoms with Gasteiger partial charge in [0.1, 0.15) is 12.1 Å². The van der Waals surface area contributed by atoms with Gasteiger partial charge in [0.15, 0.2) is 0 Å². The fourth-order valence-electron chi connectivity index (χ4n) is 3.83. The van der Waals surface area contributed by atoms with E-state index in [-0.39, 0.29) is 5.75 Å². The van der Waals surface area contributed by atoms with E-state index in [1.54, 1.807) is 17.1 Å². The molecule has 0 aliphatic rings. The van der Waals surface area contributed by atoms with Crippen molar-refractivity contribution in [3.05, 3.63) is 93.6 Å². The van der Waals surface area contributed by atoms with Crippen molar-refractivity contribution in [1.29, 1.82) is 0 Å². The Labute approximate surface area is 241 Å². The van der Waals surface area contributed by atoms with Crippen molar-refractivity contribution in [2.75, 3.05) is 5.32 Å². The van der Waals surface area contributed by atoms with Crippen LogP contribution in [0.3, 0.4) is 0 Å². The van der Waals surface area contributed by atoms with Crippen LogP contribution in [0.4, 0.5) is 23.7 Å². The van der Waals surface area contributed by atoms with Gasteiger partial charge in [-0.15, -0.1) is 13.2 Å². The number of rotatable bonds is 6. The molecule has 2 N–H and O–H groups in total. The molecule has 2 amide bonds. The third-order valence-electron chi connectivity index (χ3n) is 5.50. The maximum absolute atomic E-state index is 12.4. The number of aromatic nitrogens is 2. The Kier molecular flexibility index (Phi) is 7.82. The lowest BCUT2D eigenvalue weighted by Gasteiger charge is -2.10. The molecule has 198 valence electrons. The van der Waals surface area contributed by atoms with Crippen LogP contribution in [0.2, 0.25) is 0 Å². The highest BCUT2D eigenvalue weighted by Crippen LogP contribution is 2.31. The molecule has 5 aromatic rings. The summed E-state index contributed by atoms with van der Waals surface area (Å²) < 4.78 is 51.4. The van der Waals surface area contributed by atoms with Crippen LogP contribution in [-0.4, -0.2) is 28.2 Å². The fourth-order valence-corrected chi connectivity index (χ4v) is 5.39. The molecule has 0 spiro atoms. The number of carbonyl (C=O) groups excluding carboxylic acids is 1. The Morgan fingerprint density at radius 2 is 1.77 bits per heavy atom. The minimum Gasteiger partial charge on any atom is -0.406 e. The quantitative estimate of drug-likeness (QED) is 0.140. The van der Waals surface area contributed by atoms with E-state index in [0.717, 1.165) is 48.4 Å². The number of imidazole rings is 1. The summed E-state index contributed by atoms with van der Waals surface area (Å²) in [6.07, 6.45) is -1.49. The summed E-state index contributed by atoms with van der Waals surface area (Å²) in [6, 6.07) is 20.2. The number of urea groups is 1. The van der Waals surface area contributed by atoms with Crippen molar-refractivity contribution >= 4 is 83.7 Å². The van der Waals surface area contributed by atoms with Crippen LogP contribution in [0.5, 0.6) is 5.75 Å². The summed E-state index contributed by atoms with van der Waals surface area (Å²) in [6.45, 7) is 0. The van der Waals surface area contributed by atoms with Crippen LogP contribution < -0.4 is 14.8 Å². The second kappa shape index (κ2) is 11.3. The lowest BCUT2D eigenvalue weighted by molar-refractivity contribution is -0.274. The predicted octanol–water partition coefficient (Wildman–Crippen LogP) is 8.41. The summed E-state index contributed by atoms with van der Waals surface area (Å²) in [4.78, 5) is 16.7. The number of nitrogens with zero attached hydrogens (tertiary/aromatic N) is 3. The SMILES string of the molecule is O=C(NSN=Cc1ccc2c(ccc3c2ncn3-c2ccc(OC(F)(F)F)cc2)c1)Nc1c(Br)cccc1Br. The molecule has 7 nitrogen and oxygen atoms in total. The monoisotopic (exact) mass is 677 g/mol. The number of nitrogens with one attached hydrogen (secondary N) is 2. The molecule has 0 atom stereocenters. The number of carbonyl (C=O) groups is 1. The number of para-hydroxylation sites is 1. The van der Waals surface area contributed by atoms with Gasteiger partial charge < -0.3 is 10.1 Å². The van der Waals surface area contributed by atoms with Crippen LogP contribution in [0.1, 0.15) is 5.56 Å². The fraction of sp³-hybridized carbons (Fsp3) is 0.0385. The van der Waals surface area contributed by atoms with E-state index < -0.39 is 12.4 Å². The van der Waals surface area contributed by atoms with Crippen molar-refractivity contribution in [3.63, 3.8) is 0 Å². The molecule has 5 rings (SSSR count). The smallest absolute Gasteiger partial charge is 0.406 e. The predicted molar refractivity (Wildman–Crippen MR) is 154 cm³/mol. The lowest BCUT2D eigenvalue weighted by Crippen LogP contribution is -2.22. The number of hydrogen-bond donors (Lipinski definition) is 2. The van der Waals surface area contributed by atoms with Gasteiger partial charge in [0, 0.05) is 26.2 Å². The van der Waals surface area contributed by atoms with Gasteiger partial charge in [0.2, 0.25) is 0 Å². The third-order valence-corrected chi connectivity index (χ3v) is 7.31. The van der Waals surface area contributed by atoms with Crippen LogP contribution in [0.25, 0.3) is 27.5 Å². The first-order valence-corrected chi connectivity index (χ1v) is 13.5. The maximum atomic E-state index is 12.4. The minimum atomic E-state index is -4.74. The maximum Gasteiger partial charge on any atom is 0.573 e. The average molecular weight is 679 g/mol. The third kappa shape index (κ3) is 6.37. The van der Waals surface area contributed by atoms with Crippen molar-refractivity contribution in [3.8, 4) is 11.4 Å². The summed E-state index contributed by atoms with van der Waals surface area (Å²) in [5.74, 6) is -0.290. The summed E-state index contributed by atoms with van der Waals surface area (Å²) >= 11 is 7.68. The zero-order valence-electron chi connectivity index (χ0n) is 19.5. The van der Waals surface area contributed by atoms with E-state index in [1.165, 1.54) is 24.3 Å². The first-order valence-electron chi connectivity index (χ1n) is 11.1. The average Bonchev–Trinajstić information content (AvgIpc) is 3.33. The van der Waals surface area contributed by atoms with E-state index in [4.69, 9.17) is 0 Å². The second-order valence-corrected chi connectivity index (χ2v) is 10.4. The Balaban J connectivity index is 1.27. The van der Waals surface area contributed by atoms with Crippen LogP contribution in [0.15, 0.2) is 92.5 Å². The van der Waals surface area contributed by atoms with Crippen molar-refractivity contribution in [2.24, 2.45) is 4.40 Å². The van der Waals surface area contributed by atoms with Crippen molar-refractivity contribution in [2.45, 2.75) is 6.36 Å². The molecule has 0 saturated carbocycles. The molecule has 13 heteroatoms. The molecule has 1 aromatic heterocycles. The Morgan fingerprint density at radius 3 is 2.49 bits per heavy atom. The number of fused-ring (bicyclic) bond motifs is 3. The molecule has 0 aliphatic carbocycles. The Morgan fingerprint density at radius 1 is 1.03 bits per heavy atom. The Bertz CT molecular complexity index is 1690. The van der Waals surface area contributed by atoms with E-state index in [0.29, 0.717) is 11.4 Å². The number of amides is 2. The number of ether oxygens (including phenoxy) is 1. The lowest BCUT2D eigenvalue weighted by atomic mass is 10.1. The van der Waals surface area contributed by atoms with Gasteiger partial charge in [-0.05, 0) is 91.3 Å². The van der Waals surface area contributed by atoms with Gasteiger partial charge in [-0.25, -0.2) is 14.2 Å². The van der Waals surface area contributed by atoms with E-state index >= 15 is 0 Å². The van der Waals surface area contributed by atoms with Gasteiger partial charge >= 0.3 is 12.4 Å². The molecule has 39 heavy (non-hydrogen) atoms. The number of hydrogen-bond acceptors (Lipinski definition) is 5. The first-order chi connectivity index (χ1) is 18.7. The summed E-state index contributed by atoms with van der Waals surface area (Å²) in [5, 5.41) is 4.58. The second-order valence-electron chi connectivity index (χ2n) is 8.05. The zero-order chi connectivity index (χ0) is 27.6. The Hall–Kier alpha value is -3.55. The molecular weight excluding hydrogens is 663 g/mol. The number of benzene rings is 4. The minimum absolute atomic E-state index is 0.290. The molecule has 0 aliphatic heterocycles. The highest BCUT2D eigenvalue weighted by molar-refractivity contribution is 9.11. The van der Waals surface area contributed by atoms with Crippen LogP contribution >= 0.6 is 44.0 Å². The molecular formula is C26H16Br2F3N5O2S. The highest BCUT2D eigenvalue weighted by Gasteiger charge is 2.31. The molecule has 0 saturated heterocycles. The van der Waals surface area contributed by atoms with Gasteiger partial charge in [-0.2, -0.15) is 0 Å². The normalized spacial score (nSPS) is 11.8. The summed E-state index contributed by atoms with van der Waals surface area (Å²) in [7, 11) is 0. The molecule has 0 bridgehead atoms. The van der Waals surface area contributed by atoms with Gasteiger partial charge in [-0.1, -0.05) is 24.3 Å². The van der Waals surface area contributed by atoms with Crippen molar-refractivity contribution in [1.82, 2.24) is 14.3 Å². The first kappa shape index (κ1) is 27.0. The van der Waals surface area contributed by atoms with Crippen molar-refractivity contribution < 1.29 is 22.7 Å². The van der Waals surface area contributed by atoms with Crippen LogP contribution in [-0.2, 0) is 0 Å². The molecule has 0 radical (unpaired) electrons. The number of alkyl halides is 3.